The summed E-state index contributed by atoms with van der Waals surface area (Å²) in [5.74, 6) is 0.844. The maximum Gasteiger partial charge on any atom is 0.229 e. The van der Waals surface area contributed by atoms with Crippen LogP contribution in [0.4, 0.5) is 5.82 Å². The lowest BCUT2D eigenvalue weighted by atomic mass is 10.0. The molecule has 2 aromatic rings. The topological polar surface area (TPSA) is 84.2 Å². The zero-order valence-corrected chi connectivity index (χ0v) is 14.6. The fraction of sp³-hybridized carbons (Fsp3) is 0.500. The molecular formula is C16H20ClN5O2. The summed E-state index contributed by atoms with van der Waals surface area (Å²) in [7, 11) is 0. The minimum absolute atomic E-state index is 0.0964. The van der Waals surface area contributed by atoms with Gasteiger partial charge in [0.25, 0.3) is 0 Å². The van der Waals surface area contributed by atoms with Crippen molar-refractivity contribution in [2.75, 3.05) is 18.4 Å². The summed E-state index contributed by atoms with van der Waals surface area (Å²) in [4.78, 5) is 14.4. The Morgan fingerprint density at radius 1 is 1.46 bits per heavy atom. The van der Waals surface area contributed by atoms with Crippen LogP contribution in [0.5, 0.6) is 0 Å². The lowest BCUT2D eigenvalue weighted by Gasteiger charge is -2.28. The summed E-state index contributed by atoms with van der Waals surface area (Å²) in [5, 5.41) is 15.6. The van der Waals surface area contributed by atoms with E-state index in [4.69, 9.17) is 16.1 Å². The molecule has 3 rings (SSSR count). The predicted octanol–water partition coefficient (Wildman–Crippen LogP) is 2.38. The van der Waals surface area contributed by atoms with E-state index in [-0.39, 0.29) is 11.1 Å². The van der Waals surface area contributed by atoms with Crippen LogP contribution in [0.15, 0.2) is 10.6 Å². The molecule has 2 aromatic heterocycles. The Balaban J connectivity index is 1.64. The number of nitrogens with zero attached hydrogens (tertiary/aromatic N) is 4. The molecule has 1 N–H and O–H groups in total. The van der Waals surface area contributed by atoms with Crippen LogP contribution in [0.2, 0.25) is 5.22 Å². The fourth-order valence-corrected chi connectivity index (χ4v) is 3.10. The van der Waals surface area contributed by atoms with Gasteiger partial charge in [-0.05, 0) is 43.5 Å². The van der Waals surface area contributed by atoms with Crippen LogP contribution in [0.25, 0.3) is 0 Å². The molecule has 3 heterocycles. The number of carbonyl (C=O) groups excluding carboxylic acids is 1. The van der Waals surface area contributed by atoms with Crippen molar-refractivity contribution in [3.63, 3.8) is 0 Å². The number of nitrogens with one attached hydrogen (secondary N) is 1. The molecular weight excluding hydrogens is 330 g/mol. The van der Waals surface area contributed by atoms with Gasteiger partial charge in [-0.15, -0.1) is 5.10 Å². The van der Waals surface area contributed by atoms with Crippen LogP contribution >= 0.6 is 11.6 Å². The average Bonchev–Trinajstić information content (AvgIpc) is 2.90. The van der Waals surface area contributed by atoms with E-state index in [0.29, 0.717) is 25.9 Å². The lowest BCUT2D eigenvalue weighted by Crippen LogP contribution is -2.36. The van der Waals surface area contributed by atoms with E-state index in [9.17, 15) is 4.79 Å². The van der Waals surface area contributed by atoms with Gasteiger partial charge in [0.15, 0.2) is 0 Å². The summed E-state index contributed by atoms with van der Waals surface area (Å²) in [6.45, 7) is 5.85. The van der Waals surface area contributed by atoms with E-state index in [2.05, 4.69) is 20.7 Å². The van der Waals surface area contributed by atoms with E-state index < -0.39 is 0 Å². The molecule has 0 unspecified atom stereocenters. The Labute approximate surface area is 145 Å². The number of rotatable bonds is 5. The van der Waals surface area contributed by atoms with E-state index in [1.807, 2.05) is 24.8 Å². The molecule has 0 saturated carbocycles. The van der Waals surface area contributed by atoms with Gasteiger partial charge in [-0.3, -0.25) is 4.79 Å². The van der Waals surface area contributed by atoms with Gasteiger partial charge in [0.1, 0.15) is 5.82 Å². The van der Waals surface area contributed by atoms with Gasteiger partial charge < -0.3 is 14.7 Å². The molecule has 1 amide bonds. The highest BCUT2D eigenvalue weighted by molar-refractivity contribution is 6.29. The normalized spacial score (nSPS) is 13.7. The predicted molar refractivity (Wildman–Crippen MR) is 89.9 cm³/mol. The second kappa shape index (κ2) is 7.17. The minimum atomic E-state index is 0.0964. The number of hydrogen-bond donors (Lipinski definition) is 1. The van der Waals surface area contributed by atoms with Crippen molar-refractivity contribution in [1.29, 1.82) is 0 Å². The molecule has 1 aliphatic rings. The van der Waals surface area contributed by atoms with E-state index in [0.717, 1.165) is 41.3 Å². The number of anilines is 1. The first kappa shape index (κ1) is 16.7. The molecule has 0 bridgehead atoms. The fourth-order valence-electron chi connectivity index (χ4n) is 2.84. The second-order valence-electron chi connectivity index (χ2n) is 5.82. The zero-order valence-electron chi connectivity index (χ0n) is 13.8. The van der Waals surface area contributed by atoms with Crippen molar-refractivity contribution in [3.8, 4) is 0 Å². The first-order chi connectivity index (χ1) is 11.6. The maximum atomic E-state index is 12.5. The van der Waals surface area contributed by atoms with Crippen LogP contribution in [0, 0.1) is 6.92 Å². The van der Waals surface area contributed by atoms with Crippen molar-refractivity contribution < 1.29 is 9.32 Å². The van der Waals surface area contributed by atoms with E-state index >= 15 is 0 Å². The van der Waals surface area contributed by atoms with Gasteiger partial charge in [-0.2, -0.15) is 5.10 Å². The molecule has 0 spiro atoms. The highest BCUT2D eigenvalue weighted by Gasteiger charge is 2.23. The highest BCUT2D eigenvalue weighted by atomic mass is 35.5. The third-order valence-electron chi connectivity index (χ3n) is 4.18. The van der Waals surface area contributed by atoms with Gasteiger partial charge in [0, 0.05) is 38.0 Å². The van der Waals surface area contributed by atoms with Crippen LogP contribution in [-0.4, -0.2) is 39.3 Å². The molecule has 0 radical (unpaired) electrons. The Bertz CT molecular complexity index is 727. The van der Waals surface area contributed by atoms with Gasteiger partial charge in [-0.25, -0.2) is 0 Å². The van der Waals surface area contributed by atoms with Crippen LogP contribution in [-0.2, 0) is 24.2 Å². The zero-order chi connectivity index (χ0) is 17.1. The number of fused-ring (bicyclic) bond motifs is 1. The summed E-state index contributed by atoms with van der Waals surface area (Å²) >= 11 is 5.95. The number of aryl methyl sites for hydroxylation is 1. The molecule has 0 fully saturated rings. The molecule has 0 aromatic carbocycles. The van der Waals surface area contributed by atoms with Gasteiger partial charge in [-0.1, -0.05) is 5.16 Å². The minimum Gasteiger partial charge on any atom is -0.369 e. The number of hydrogen-bond acceptors (Lipinski definition) is 6. The Kier molecular flexibility index (Phi) is 4.99. The largest absolute Gasteiger partial charge is 0.369 e. The summed E-state index contributed by atoms with van der Waals surface area (Å²) in [6, 6.07) is 1.98. The molecule has 0 aliphatic carbocycles. The first-order valence-electron chi connectivity index (χ1n) is 8.06. The molecule has 128 valence electrons. The Morgan fingerprint density at radius 2 is 2.29 bits per heavy atom. The van der Waals surface area contributed by atoms with Crippen molar-refractivity contribution in [2.45, 2.75) is 39.7 Å². The summed E-state index contributed by atoms with van der Waals surface area (Å²) < 4.78 is 4.92. The summed E-state index contributed by atoms with van der Waals surface area (Å²) in [6.07, 6.45) is 1.65. The Morgan fingerprint density at radius 3 is 3.00 bits per heavy atom. The van der Waals surface area contributed by atoms with Crippen molar-refractivity contribution in [3.05, 3.63) is 33.8 Å². The van der Waals surface area contributed by atoms with Crippen LogP contribution in [0.1, 0.15) is 35.9 Å². The Hall–Kier alpha value is -2.15. The number of amides is 1. The average molecular weight is 350 g/mol. The molecule has 7 nitrogen and oxygen atoms in total. The first-order valence-corrected chi connectivity index (χ1v) is 8.44. The van der Waals surface area contributed by atoms with Gasteiger partial charge in [0.2, 0.25) is 11.1 Å². The molecule has 8 heteroatoms. The lowest BCUT2D eigenvalue weighted by molar-refractivity contribution is -0.132. The van der Waals surface area contributed by atoms with Crippen LogP contribution in [0.3, 0.4) is 0 Å². The molecule has 1 aliphatic heterocycles. The summed E-state index contributed by atoms with van der Waals surface area (Å²) in [5.41, 5.74) is 3.57. The van der Waals surface area contributed by atoms with E-state index in [1.54, 1.807) is 0 Å². The quantitative estimate of drug-likeness (QED) is 0.892. The standard InChI is InChI=1S/C16H20ClN5O2/c1-3-18-14-8-11-9-22(7-6-13(11)19-20-14)15(23)5-4-12-10(2)21-24-16(12)17/h8H,3-7,9H2,1-2H3,(H,18,20). The molecule has 0 saturated heterocycles. The maximum absolute atomic E-state index is 12.5. The van der Waals surface area contributed by atoms with Crippen molar-refractivity contribution in [2.24, 2.45) is 0 Å². The number of carbonyl (C=O) groups is 1. The number of halogens is 1. The highest BCUT2D eigenvalue weighted by Crippen LogP contribution is 2.23. The van der Waals surface area contributed by atoms with Crippen LogP contribution < -0.4 is 5.32 Å². The van der Waals surface area contributed by atoms with Gasteiger partial charge >= 0.3 is 0 Å². The third kappa shape index (κ3) is 3.51. The SMILES string of the molecule is CCNc1cc2c(nn1)CCN(C(=O)CCc1c(C)noc1Cl)C2. The van der Waals surface area contributed by atoms with Crippen molar-refractivity contribution >= 4 is 23.3 Å². The number of aromatic nitrogens is 3. The monoisotopic (exact) mass is 349 g/mol. The smallest absolute Gasteiger partial charge is 0.229 e. The molecule has 24 heavy (non-hydrogen) atoms. The molecule has 0 atom stereocenters. The third-order valence-corrected chi connectivity index (χ3v) is 4.47. The van der Waals surface area contributed by atoms with Crippen molar-refractivity contribution in [1.82, 2.24) is 20.3 Å². The second-order valence-corrected chi connectivity index (χ2v) is 6.16. The van der Waals surface area contributed by atoms with E-state index in [1.165, 1.54) is 0 Å². The van der Waals surface area contributed by atoms with Gasteiger partial charge in [0.05, 0.1) is 11.4 Å².